The van der Waals surface area contributed by atoms with Crippen LogP contribution in [0, 0.1) is 5.92 Å². The van der Waals surface area contributed by atoms with Crippen LogP contribution >= 0.6 is 0 Å². The van der Waals surface area contributed by atoms with Gasteiger partial charge in [0.25, 0.3) is 0 Å². The Morgan fingerprint density at radius 3 is 2.11 bits per heavy atom. The molecule has 2 heterocycles. The normalized spacial score (nSPS) is 24.5. The number of Topliss-reactive ketones (excluding diaryl/α,β-unsaturated/α-hetero) is 1. The van der Waals surface area contributed by atoms with Gasteiger partial charge in [-0.3, -0.25) is 9.59 Å². The highest BCUT2D eigenvalue weighted by Gasteiger charge is 2.49. The summed E-state index contributed by atoms with van der Waals surface area (Å²) in [5.41, 5.74) is 1.76. The molecule has 2 aromatic carbocycles. The van der Waals surface area contributed by atoms with Crippen LogP contribution < -0.4 is 18.9 Å². The van der Waals surface area contributed by atoms with Crippen molar-refractivity contribution in [2.45, 2.75) is 18.3 Å². The van der Waals surface area contributed by atoms with Crippen LogP contribution in [0.3, 0.4) is 0 Å². The SMILES string of the molecule is COC(=O)[C@@H]1C(=O)C[C@@H](c2ccc3c(c2)OCO3)[C@@H]1c1ccc2c(c1)OCO2. The van der Waals surface area contributed by atoms with E-state index >= 15 is 0 Å². The van der Waals surface area contributed by atoms with Gasteiger partial charge >= 0.3 is 5.97 Å². The molecule has 2 aromatic rings. The highest BCUT2D eigenvalue weighted by Crippen LogP contribution is 2.51. The molecule has 1 saturated carbocycles. The second-order valence-electron chi connectivity index (χ2n) is 7.03. The lowest BCUT2D eigenvalue weighted by molar-refractivity contribution is -0.148. The minimum Gasteiger partial charge on any atom is -0.468 e. The molecule has 0 amide bonds. The fourth-order valence-electron chi connectivity index (χ4n) is 4.32. The molecular formula is C21H18O7. The number of carbonyl (C=O) groups excluding carboxylic acids is 2. The zero-order valence-corrected chi connectivity index (χ0v) is 15.2. The lowest BCUT2D eigenvalue weighted by Crippen LogP contribution is -2.26. The summed E-state index contributed by atoms with van der Waals surface area (Å²) < 4.78 is 26.7. The Morgan fingerprint density at radius 2 is 1.46 bits per heavy atom. The molecule has 3 aliphatic rings. The van der Waals surface area contributed by atoms with E-state index in [1.165, 1.54) is 7.11 Å². The minimum atomic E-state index is -0.860. The highest BCUT2D eigenvalue weighted by molar-refractivity contribution is 6.02. The first-order chi connectivity index (χ1) is 13.7. The molecule has 2 aliphatic heterocycles. The van der Waals surface area contributed by atoms with E-state index in [4.69, 9.17) is 23.7 Å². The molecule has 0 spiro atoms. The van der Waals surface area contributed by atoms with Crippen molar-refractivity contribution in [2.24, 2.45) is 5.92 Å². The van der Waals surface area contributed by atoms with Crippen LogP contribution in [0.5, 0.6) is 23.0 Å². The monoisotopic (exact) mass is 382 g/mol. The van der Waals surface area contributed by atoms with Crippen LogP contribution in [0.2, 0.25) is 0 Å². The summed E-state index contributed by atoms with van der Waals surface area (Å²) in [6, 6.07) is 11.2. The second-order valence-corrected chi connectivity index (χ2v) is 7.03. The molecule has 0 aromatic heterocycles. The van der Waals surface area contributed by atoms with Crippen molar-refractivity contribution in [1.29, 1.82) is 0 Å². The van der Waals surface area contributed by atoms with E-state index in [9.17, 15) is 9.59 Å². The lowest BCUT2D eigenvalue weighted by atomic mass is 9.79. The maximum Gasteiger partial charge on any atom is 0.316 e. The molecule has 1 aliphatic carbocycles. The molecule has 0 bridgehead atoms. The third kappa shape index (κ3) is 2.58. The average Bonchev–Trinajstić information content (AvgIpc) is 3.43. The molecule has 3 atom stereocenters. The number of esters is 1. The Labute approximate surface area is 161 Å². The average molecular weight is 382 g/mol. The quantitative estimate of drug-likeness (QED) is 0.596. The summed E-state index contributed by atoms with van der Waals surface area (Å²) >= 11 is 0. The molecule has 5 rings (SSSR count). The van der Waals surface area contributed by atoms with E-state index in [2.05, 4.69) is 0 Å². The van der Waals surface area contributed by atoms with Gasteiger partial charge in [0, 0.05) is 12.3 Å². The Kier molecular flexibility index (Phi) is 3.89. The first-order valence-corrected chi connectivity index (χ1v) is 9.05. The number of ketones is 1. The molecule has 7 heteroatoms. The third-order valence-electron chi connectivity index (χ3n) is 5.62. The van der Waals surface area contributed by atoms with Gasteiger partial charge in [0.15, 0.2) is 23.0 Å². The Hall–Kier alpha value is -3.22. The summed E-state index contributed by atoms with van der Waals surface area (Å²) in [5, 5.41) is 0. The van der Waals surface area contributed by atoms with Crippen LogP contribution in [-0.2, 0) is 14.3 Å². The summed E-state index contributed by atoms with van der Waals surface area (Å²) in [4.78, 5) is 25.3. The predicted octanol–water partition coefficient (Wildman–Crippen LogP) is 2.77. The maximum atomic E-state index is 12.8. The highest BCUT2D eigenvalue weighted by atomic mass is 16.7. The first kappa shape index (κ1) is 16.9. The van der Waals surface area contributed by atoms with Crippen LogP contribution in [-0.4, -0.2) is 32.4 Å². The zero-order valence-electron chi connectivity index (χ0n) is 15.2. The maximum absolute atomic E-state index is 12.8. The molecule has 0 unspecified atom stereocenters. The van der Waals surface area contributed by atoms with Crippen LogP contribution in [0.1, 0.15) is 29.4 Å². The van der Waals surface area contributed by atoms with Crippen molar-refractivity contribution >= 4 is 11.8 Å². The Morgan fingerprint density at radius 1 is 0.893 bits per heavy atom. The van der Waals surface area contributed by atoms with Crippen molar-refractivity contribution in [2.75, 3.05) is 20.7 Å². The molecule has 144 valence electrons. The van der Waals surface area contributed by atoms with Gasteiger partial charge in [-0.2, -0.15) is 0 Å². The molecular weight excluding hydrogens is 364 g/mol. The number of rotatable bonds is 3. The van der Waals surface area contributed by atoms with Crippen molar-refractivity contribution in [3.8, 4) is 23.0 Å². The van der Waals surface area contributed by atoms with Gasteiger partial charge in [0.05, 0.1) is 7.11 Å². The number of carbonyl (C=O) groups is 2. The molecule has 28 heavy (non-hydrogen) atoms. The number of fused-ring (bicyclic) bond motifs is 2. The number of hydrogen-bond acceptors (Lipinski definition) is 7. The fraction of sp³-hybridized carbons (Fsp3) is 0.333. The van der Waals surface area contributed by atoms with Gasteiger partial charge in [0.1, 0.15) is 11.7 Å². The van der Waals surface area contributed by atoms with Crippen LogP contribution in [0.15, 0.2) is 36.4 Å². The van der Waals surface area contributed by atoms with Crippen LogP contribution in [0.4, 0.5) is 0 Å². The third-order valence-corrected chi connectivity index (χ3v) is 5.62. The van der Waals surface area contributed by atoms with Crippen LogP contribution in [0.25, 0.3) is 0 Å². The van der Waals surface area contributed by atoms with Gasteiger partial charge < -0.3 is 23.7 Å². The smallest absolute Gasteiger partial charge is 0.316 e. The van der Waals surface area contributed by atoms with E-state index in [1.54, 1.807) is 0 Å². The topological polar surface area (TPSA) is 80.3 Å². The minimum absolute atomic E-state index is 0.128. The van der Waals surface area contributed by atoms with Gasteiger partial charge in [-0.25, -0.2) is 0 Å². The first-order valence-electron chi connectivity index (χ1n) is 9.05. The summed E-state index contributed by atoms with van der Waals surface area (Å²) in [6.07, 6.45) is 0.249. The Balaban J connectivity index is 1.59. The zero-order chi connectivity index (χ0) is 19.3. The largest absolute Gasteiger partial charge is 0.468 e. The molecule has 7 nitrogen and oxygen atoms in total. The summed E-state index contributed by atoms with van der Waals surface area (Å²) in [5.74, 6) is 0.538. The number of ether oxygens (including phenoxy) is 5. The van der Waals surface area contributed by atoms with E-state index < -0.39 is 11.9 Å². The summed E-state index contributed by atoms with van der Waals surface area (Å²) in [7, 11) is 1.31. The van der Waals surface area contributed by atoms with Gasteiger partial charge in [0.2, 0.25) is 13.6 Å². The standard InChI is InChI=1S/C21H18O7/c1-24-21(23)20-14(22)8-13(11-2-4-15-17(6-11)27-9-25-15)19(20)12-3-5-16-18(7-12)28-10-26-16/h2-7,13,19-20H,8-10H2,1H3/t13-,19-,20+/m0/s1. The summed E-state index contributed by atoms with van der Waals surface area (Å²) in [6.45, 7) is 0.340. The van der Waals surface area contributed by atoms with Gasteiger partial charge in [-0.1, -0.05) is 12.1 Å². The molecule has 0 radical (unpaired) electrons. The second kappa shape index (κ2) is 6.44. The van der Waals surface area contributed by atoms with Gasteiger partial charge in [-0.15, -0.1) is 0 Å². The van der Waals surface area contributed by atoms with Crippen molar-refractivity contribution in [3.63, 3.8) is 0 Å². The molecule has 0 saturated heterocycles. The van der Waals surface area contributed by atoms with Crippen molar-refractivity contribution < 1.29 is 33.3 Å². The van der Waals surface area contributed by atoms with Crippen molar-refractivity contribution in [1.82, 2.24) is 0 Å². The van der Waals surface area contributed by atoms with E-state index in [0.717, 1.165) is 11.1 Å². The number of methoxy groups -OCH3 is 1. The van der Waals surface area contributed by atoms with E-state index in [1.807, 2.05) is 36.4 Å². The van der Waals surface area contributed by atoms with Gasteiger partial charge in [-0.05, 0) is 41.3 Å². The van der Waals surface area contributed by atoms with Crippen molar-refractivity contribution in [3.05, 3.63) is 47.5 Å². The lowest BCUT2D eigenvalue weighted by Gasteiger charge is -2.24. The fourth-order valence-corrected chi connectivity index (χ4v) is 4.32. The number of hydrogen-bond donors (Lipinski definition) is 0. The molecule has 1 fully saturated rings. The number of benzene rings is 2. The van der Waals surface area contributed by atoms with E-state index in [-0.39, 0.29) is 37.6 Å². The van der Waals surface area contributed by atoms with E-state index in [0.29, 0.717) is 23.0 Å². The molecule has 0 N–H and O–H groups in total. The predicted molar refractivity (Wildman–Crippen MR) is 95.7 cm³/mol. The Bertz CT molecular complexity index is 967.